The average molecular weight is 225 g/mol. The van der Waals surface area contributed by atoms with Crippen molar-refractivity contribution >= 4 is 5.97 Å². The van der Waals surface area contributed by atoms with E-state index in [-0.39, 0.29) is 11.4 Å². The van der Waals surface area contributed by atoms with Crippen molar-refractivity contribution in [1.82, 2.24) is 15.0 Å². The normalized spacial score (nSPS) is 10.4. The van der Waals surface area contributed by atoms with Gasteiger partial charge in [0.05, 0.1) is 6.20 Å². The van der Waals surface area contributed by atoms with E-state index in [2.05, 4.69) is 10.3 Å². The van der Waals surface area contributed by atoms with Gasteiger partial charge >= 0.3 is 5.97 Å². The van der Waals surface area contributed by atoms with Crippen molar-refractivity contribution in [3.05, 3.63) is 41.7 Å². The quantitative estimate of drug-likeness (QED) is 0.834. The number of nitrogens with zero attached hydrogens (tertiary/aromatic N) is 3. The Morgan fingerprint density at radius 1 is 1.38 bits per heavy atom. The molecular weight excluding hydrogens is 220 g/mol. The second-order valence-corrected chi connectivity index (χ2v) is 2.91. The zero-order chi connectivity index (χ0) is 11.7. The van der Waals surface area contributed by atoms with Gasteiger partial charge in [-0.15, -0.1) is 5.10 Å². The minimum atomic E-state index is -1.33. The van der Waals surface area contributed by atoms with Gasteiger partial charge in [-0.05, 0) is 12.1 Å². The Bertz CT molecular complexity index is 553. The topological polar surface area (TPSA) is 68.0 Å². The summed E-state index contributed by atoms with van der Waals surface area (Å²) in [5.41, 5.74) is -0.639. The minimum absolute atomic E-state index is 0.296. The molecular formula is C9H5F2N3O2. The lowest BCUT2D eigenvalue weighted by Crippen LogP contribution is -2.10. The first kappa shape index (κ1) is 10.2. The number of hydrogen-bond donors (Lipinski definition) is 1. The standard InChI is InChI=1S/C9H5F2N3O2/c10-5-2-1-3-6(8(5)11)14-7(9(15)16)4-12-13-14/h1-4H,(H,15,16). The summed E-state index contributed by atoms with van der Waals surface area (Å²) in [6.07, 6.45) is 0.951. The Morgan fingerprint density at radius 3 is 2.81 bits per heavy atom. The van der Waals surface area contributed by atoms with E-state index in [1.165, 1.54) is 12.1 Å². The molecule has 2 rings (SSSR count). The maximum atomic E-state index is 13.4. The molecule has 0 radical (unpaired) electrons. The number of rotatable bonds is 2. The first-order valence-corrected chi connectivity index (χ1v) is 4.19. The van der Waals surface area contributed by atoms with Gasteiger partial charge in [0.1, 0.15) is 5.69 Å². The van der Waals surface area contributed by atoms with Gasteiger partial charge in [-0.1, -0.05) is 11.3 Å². The molecule has 0 bridgehead atoms. The molecule has 1 heterocycles. The molecule has 0 amide bonds. The molecule has 2 aromatic rings. The number of aromatic nitrogens is 3. The van der Waals surface area contributed by atoms with Gasteiger partial charge in [-0.25, -0.2) is 18.3 Å². The highest BCUT2D eigenvalue weighted by atomic mass is 19.2. The van der Waals surface area contributed by atoms with Crippen LogP contribution in [-0.2, 0) is 0 Å². The summed E-state index contributed by atoms with van der Waals surface area (Å²) in [6, 6.07) is 3.39. The van der Waals surface area contributed by atoms with Crippen molar-refractivity contribution in [1.29, 1.82) is 0 Å². The van der Waals surface area contributed by atoms with Crippen LogP contribution in [0.5, 0.6) is 0 Å². The van der Waals surface area contributed by atoms with Gasteiger partial charge in [0, 0.05) is 0 Å². The molecule has 0 aliphatic rings. The third-order valence-corrected chi connectivity index (χ3v) is 1.93. The molecule has 0 aliphatic heterocycles. The first-order chi connectivity index (χ1) is 7.61. The van der Waals surface area contributed by atoms with Crippen LogP contribution in [0.3, 0.4) is 0 Å². The van der Waals surface area contributed by atoms with Crippen LogP contribution < -0.4 is 0 Å². The van der Waals surface area contributed by atoms with Crippen molar-refractivity contribution < 1.29 is 18.7 Å². The van der Waals surface area contributed by atoms with Gasteiger partial charge in [-0.2, -0.15) is 0 Å². The number of carboxylic acid groups (broad SMARTS) is 1. The highest BCUT2D eigenvalue weighted by Crippen LogP contribution is 2.16. The average Bonchev–Trinajstić information content (AvgIpc) is 2.70. The van der Waals surface area contributed by atoms with E-state index in [9.17, 15) is 13.6 Å². The van der Waals surface area contributed by atoms with Crippen molar-refractivity contribution in [3.63, 3.8) is 0 Å². The molecule has 16 heavy (non-hydrogen) atoms. The smallest absolute Gasteiger partial charge is 0.356 e. The number of halogens is 2. The Morgan fingerprint density at radius 2 is 2.12 bits per heavy atom. The lowest BCUT2D eigenvalue weighted by Gasteiger charge is -2.04. The SMILES string of the molecule is O=C(O)c1cnnn1-c1cccc(F)c1F. The monoisotopic (exact) mass is 225 g/mol. The van der Waals surface area contributed by atoms with Crippen LogP contribution >= 0.6 is 0 Å². The summed E-state index contributed by atoms with van der Waals surface area (Å²) in [6.45, 7) is 0. The summed E-state index contributed by atoms with van der Waals surface area (Å²) < 4.78 is 27.0. The van der Waals surface area contributed by atoms with Crippen molar-refractivity contribution in [2.24, 2.45) is 0 Å². The number of aromatic carboxylic acids is 1. The van der Waals surface area contributed by atoms with E-state index in [4.69, 9.17) is 5.11 Å². The molecule has 1 aromatic heterocycles. The predicted molar refractivity (Wildman–Crippen MR) is 48.2 cm³/mol. The molecule has 0 spiro atoms. The molecule has 1 aromatic carbocycles. The largest absolute Gasteiger partial charge is 0.476 e. The maximum Gasteiger partial charge on any atom is 0.356 e. The van der Waals surface area contributed by atoms with Gasteiger partial charge in [0.25, 0.3) is 0 Å². The third-order valence-electron chi connectivity index (χ3n) is 1.93. The zero-order valence-corrected chi connectivity index (χ0v) is 7.76. The van der Waals surface area contributed by atoms with E-state index in [0.717, 1.165) is 16.9 Å². The van der Waals surface area contributed by atoms with Crippen LogP contribution in [0.4, 0.5) is 8.78 Å². The number of hydrogen-bond acceptors (Lipinski definition) is 3. The minimum Gasteiger partial charge on any atom is -0.476 e. The Labute approximate surface area is 87.9 Å². The summed E-state index contributed by atoms with van der Waals surface area (Å²) in [5, 5.41) is 15.5. The fourth-order valence-electron chi connectivity index (χ4n) is 1.21. The number of benzene rings is 1. The molecule has 0 unspecified atom stereocenters. The van der Waals surface area contributed by atoms with Crippen LogP contribution in [0.25, 0.3) is 5.69 Å². The fraction of sp³-hybridized carbons (Fsp3) is 0. The van der Waals surface area contributed by atoms with E-state index >= 15 is 0 Å². The second-order valence-electron chi connectivity index (χ2n) is 2.91. The van der Waals surface area contributed by atoms with E-state index < -0.39 is 17.6 Å². The van der Waals surface area contributed by atoms with Crippen LogP contribution in [0.2, 0.25) is 0 Å². The number of carbonyl (C=O) groups is 1. The fourth-order valence-corrected chi connectivity index (χ4v) is 1.21. The predicted octanol–water partition coefficient (Wildman–Crippen LogP) is 1.24. The number of carboxylic acids is 1. The van der Waals surface area contributed by atoms with Crippen LogP contribution in [0.1, 0.15) is 10.5 Å². The third kappa shape index (κ3) is 1.52. The Balaban J connectivity index is 2.63. The van der Waals surface area contributed by atoms with E-state index in [1.54, 1.807) is 0 Å². The highest BCUT2D eigenvalue weighted by molar-refractivity contribution is 5.85. The summed E-state index contributed by atoms with van der Waals surface area (Å²) in [7, 11) is 0. The molecule has 0 fully saturated rings. The van der Waals surface area contributed by atoms with Crippen molar-refractivity contribution in [2.45, 2.75) is 0 Å². The van der Waals surface area contributed by atoms with Crippen LogP contribution in [0, 0.1) is 11.6 Å². The molecule has 1 N–H and O–H groups in total. The van der Waals surface area contributed by atoms with Crippen LogP contribution in [0.15, 0.2) is 24.4 Å². The summed E-state index contributed by atoms with van der Waals surface area (Å²) >= 11 is 0. The molecule has 7 heteroatoms. The van der Waals surface area contributed by atoms with Gasteiger partial charge in [0.15, 0.2) is 17.3 Å². The highest BCUT2D eigenvalue weighted by Gasteiger charge is 2.17. The Hall–Kier alpha value is -2.31. The lowest BCUT2D eigenvalue weighted by atomic mass is 10.3. The van der Waals surface area contributed by atoms with Crippen molar-refractivity contribution in [2.75, 3.05) is 0 Å². The maximum absolute atomic E-state index is 13.4. The molecule has 0 saturated carbocycles. The van der Waals surface area contributed by atoms with Crippen molar-refractivity contribution in [3.8, 4) is 5.69 Å². The molecule has 0 atom stereocenters. The summed E-state index contributed by atoms with van der Waals surface area (Å²) in [4.78, 5) is 10.7. The molecule has 0 aliphatic carbocycles. The first-order valence-electron chi connectivity index (χ1n) is 4.19. The molecule has 82 valence electrons. The molecule has 0 saturated heterocycles. The second kappa shape index (κ2) is 3.69. The van der Waals surface area contributed by atoms with E-state index in [0.29, 0.717) is 0 Å². The summed E-state index contributed by atoms with van der Waals surface area (Å²) in [5.74, 6) is -3.58. The zero-order valence-electron chi connectivity index (χ0n) is 7.76. The Kier molecular flexibility index (Phi) is 2.35. The molecule has 5 nitrogen and oxygen atoms in total. The van der Waals surface area contributed by atoms with Gasteiger partial charge in [-0.3, -0.25) is 0 Å². The van der Waals surface area contributed by atoms with E-state index in [1.807, 2.05) is 0 Å². The van der Waals surface area contributed by atoms with Gasteiger partial charge < -0.3 is 5.11 Å². The lowest BCUT2D eigenvalue weighted by molar-refractivity contribution is 0.0687. The van der Waals surface area contributed by atoms with Crippen LogP contribution in [-0.4, -0.2) is 26.1 Å². The van der Waals surface area contributed by atoms with Gasteiger partial charge in [0.2, 0.25) is 0 Å².